The number of methoxy groups -OCH3 is 2. The van der Waals surface area contributed by atoms with Crippen molar-refractivity contribution in [1.82, 2.24) is 0 Å². The average Bonchev–Trinajstić information content (AvgIpc) is 2.45. The van der Waals surface area contributed by atoms with E-state index in [4.69, 9.17) is 19.9 Å². The van der Waals surface area contributed by atoms with Crippen LogP contribution >= 0.6 is 0 Å². The lowest BCUT2D eigenvalue weighted by molar-refractivity contribution is -0.116. The minimum atomic E-state index is -0.108. The standard InChI is InChI=1S/C14H22N2O4/c1-4-20-7-5-6-14(17)16-11-9-13(19-3)12(18-2)8-10(11)15/h8-9H,4-7,15H2,1-3H3,(H,16,17). The van der Waals surface area contributed by atoms with Crippen LogP contribution in [0.25, 0.3) is 0 Å². The first-order chi connectivity index (χ1) is 9.62. The molecule has 1 aromatic carbocycles. The van der Waals surface area contributed by atoms with E-state index in [2.05, 4.69) is 5.32 Å². The number of nitrogens with one attached hydrogen (secondary N) is 1. The van der Waals surface area contributed by atoms with Gasteiger partial charge in [-0.25, -0.2) is 0 Å². The second kappa shape index (κ2) is 8.27. The maximum atomic E-state index is 11.8. The Bertz CT molecular complexity index is 449. The van der Waals surface area contributed by atoms with Gasteiger partial charge in [-0.05, 0) is 13.3 Å². The van der Waals surface area contributed by atoms with Gasteiger partial charge in [-0.2, -0.15) is 0 Å². The van der Waals surface area contributed by atoms with Crippen LogP contribution in [0.3, 0.4) is 0 Å². The van der Waals surface area contributed by atoms with Crippen LogP contribution in [0.4, 0.5) is 11.4 Å². The van der Waals surface area contributed by atoms with Crippen molar-refractivity contribution in [1.29, 1.82) is 0 Å². The number of carbonyl (C=O) groups excluding carboxylic acids is 1. The second-order valence-electron chi connectivity index (χ2n) is 4.14. The molecule has 0 aromatic heterocycles. The third-order valence-electron chi connectivity index (χ3n) is 2.73. The summed E-state index contributed by atoms with van der Waals surface area (Å²) in [7, 11) is 3.06. The van der Waals surface area contributed by atoms with Crippen LogP contribution in [0.2, 0.25) is 0 Å². The number of ether oxygens (including phenoxy) is 3. The molecule has 1 rings (SSSR count). The van der Waals surface area contributed by atoms with E-state index in [0.717, 1.165) is 0 Å². The minimum absolute atomic E-state index is 0.108. The van der Waals surface area contributed by atoms with Crippen LogP contribution < -0.4 is 20.5 Å². The number of amides is 1. The lowest BCUT2D eigenvalue weighted by atomic mass is 10.2. The number of carbonyl (C=O) groups is 1. The van der Waals surface area contributed by atoms with E-state index in [-0.39, 0.29) is 5.91 Å². The Labute approximate surface area is 119 Å². The van der Waals surface area contributed by atoms with Crippen LogP contribution in [0, 0.1) is 0 Å². The molecular formula is C14H22N2O4. The summed E-state index contributed by atoms with van der Waals surface area (Å²) in [6.07, 6.45) is 1.06. The number of rotatable bonds is 8. The summed E-state index contributed by atoms with van der Waals surface area (Å²) in [5.74, 6) is 0.939. The smallest absolute Gasteiger partial charge is 0.224 e. The van der Waals surface area contributed by atoms with Crippen LogP contribution in [-0.2, 0) is 9.53 Å². The highest BCUT2D eigenvalue weighted by atomic mass is 16.5. The van der Waals surface area contributed by atoms with Gasteiger partial charge in [0.15, 0.2) is 11.5 Å². The van der Waals surface area contributed by atoms with Crippen molar-refractivity contribution in [3.05, 3.63) is 12.1 Å². The van der Waals surface area contributed by atoms with Crippen LogP contribution in [0.15, 0.2) is 12.1 Å². The number of hydrogen-bond acceptors (Lipinski definition) is 5. The van der Waals surface area contributed by atoms with Gasteiger partial charge in [0.25, 0.3) is 0 Å². The Balaban J connectivity index is 2.65. The van der Waals surface area contributed by atoms with E-state index in [9.17, 15) is 4.79 Å². The zero-order valence-corrected chi connectivity index (χ0v) is 12.2. The molecule has 3 N–H and O–H groups in total. The van der Waals surface area contributed by atoms with Gasteiger partial charge in [0.2, 0.25) is 5.91 Å². The van der Waals surface area contributed by atoms with Crippen molar-refractivity contribution in [3.8, 4) is 11.5 Å². The lowest BCUT2D eigenvalue weighted by Crippen LogP contribution is -2.13. The van der Waals surface area contributed by atoms with Gasteiger partial charge >= 0.3 is 0 Å². The molecule has 0 fully saturated rings. The van der Waals surface area contributed by atoms with E-state index in [1.807, 2.05) is 6.92 Å². The molecule has 0 unspecified atom stereocenters. The quantitative estimate of drug-likeness (QED) is 0.563. The van der Waals surface area contributed by atoms with Crippen molar-refractivity contribution in [2.24, 2.45) is 0 Å². The molecule has 0 aliphatic carbocycles. The van der Waals surface area contributed by atoms with Crippen molar-refractivity contribution < 1.29 is 19.0 Å². The molecule has 0 heterocycles. The van der Waals surface area contributed by atoms with E-state index in [1.54, 1.807) is 12.1 Å². The predicted molar refractivity (Wildman–Crippen MR) is 78.3 cm³/mol. The normalized spacial score (nSPS) is 10.2. The summed E-state index contributed by atoms with van der Waals surface area (Å²) < 4.78 is 15.5. The SMILES string of the molecule is CCOCCCC(=O)Nc1cc(OC)c(OC)cc1N. The molecule has 0 bridgehead atoms. The molecule has 0 aliphatic heterocycles. The van der Waals surface area contributed by atoms with Crippen LogP contribution in [-0.4, -0.2) is 33.3 Å². The largest absolute Gasteiger partial charge is 0.493 e. The van der Waals surface area contributed by atoms with Gasteiger partial charge in [0.1, 0.15) is 0 Å². The first kappa shape index (κ1) is 16.1. The maximum Gasteiger partial charge on any atom is 0.224 e. The molecule has 6 nitrogen and oxygen atoms in total. The highest BCUT2D eigenvalue weighted by molar-refractivity contribution is 5.94. The van der Waals surface area contributed by atoms with Crippen molar-refractivity contribution in [3.63, 3.8) is 0 Å². The Morgan fingerprint density at radius 2 is 1.90 bits per heavy atom. The summed E-state index contributed by atoms with van der Waals surface area (Å²) in [6, 6.07) is 3.27. The summed E-state index contributed by atoms with van der Waals surface area (Å²) in [5, 5.41) is 2.76. The van der Waals surface area contributed by atoms with E-state index >= 15 is 0 Å². The van der Waals surface area contributed by atoms with Crippen molar-refractivity contribution in [2.45, 2.75) is 19.8 Å². The fourth-order valence-corrected chi connectivity index (χ4v) is 1.69. The van der Waals surface area contributed by atoms with Crippen molar-refractivity contribution in [2.75, 3.05) is 38.5 Å². The van der Waals surface area contributed by atoms with Crippen LogP contribution in [0.1, 0.15) is 19.8 Å². The number of nitrogen functional groups attached to an aromatic ring is 1. The molecule has 1 amide bonds. The van der Waals surface area contributed by atoms with Gasteiger partial charge in [-0.15, -0.1) is 0 Å². The number of benzene rings is 1. The fourth-order valence-electron chi connectivity index (χ4n) is 1.69. The Morgan fingerprint density at radius 1 is 1.25 bits per heavy atom. The third kappa shape index (κ3) is 4.62. The van der Waals surface area contributed by atoms with Gasteiger partial charge in [0, 0.05) is 31.8 Å². The molecule has 1 aromatic rings. The molecule has 6 heteroatoms. The molecule has 0 saturated heterocycles. The molecule has 0 aliphatic rings. The summed E-state index contributed by atoms with van der Waals surface area (Å²) in [5.41, 5.74) is 6.82. The molecule has 0 atom stereocenters. The molecular weight excluding hydrogens is 260 g/mol. The molecule has 0 saturated carbocycles. The first-order valence-corrected chi connectivity index (χ1v) is 6.51. The summed E-state index contributed by atoms with van der Waals surface area (Å²) in [4.78, 5) is 11.8. The predicted octanol–water partition coefficient (Wildman–Crippen LogP) is 2.04. The third-order valence-corrected chi connectivity index (χ3v) is 2.73. The number of hydrogen-bond donors (Lipinski definition) is 2. The van der Waals surface area contributed by atoms with E-state index in [0.29, 0.717) is 48.9 Å². The highest BCUT2D eigenvalue weighted by Gasteiger charge is 2.11. The number of nitrogens with two attached hydrogens (primary N) is 1. The Kier molecular flexibility index (Phi) is 6.66. The zero-order valence-electron chi connectivity index (χ0n) is 12.2. The zero-order chi connectivity index (χ0) is 15.0. The topological polar surface area (TPSA) is 82.8 Å². The first-order valence-electron chi connectivity index (χ1n) is 6.51. The van der Waals surface area contributed by atoms with Crippen molar-refractivity contribution >= 4 is 17.3 Å². The van der Waals surface area contributed by atoms with Gasteiger partial charge in [-0.1, -0.05) is 0 Å². The second-order valence-corrected chi connectivity index (χ2v) is 4.14. The van der Waals surface area contributed by atoms with Gasteiger partial charge in [0.05, 0.1) is 25.6 Å². The fraction of sp³-hybridized carbons (Fsp3) is 0.500. The average molecular weight is 282 g/mol. The minimum Gasteiger partial charge on any atom is -0.493 e. The van der Waals surface area contributed by atoms with E-state index < -0.39 is 0 Å². The van der Waals surface area contributed by atoms with Gasteiger partial charge in [-0.3, -0.25) is 4.79 Å². The Hall–Kier alpha value is -1.95. The molecule has 112 valence electrons. The summed E-state index contributed by atoms with van der Waals surface area (Å²) in [6.45, 7) is 3.15. The monoisotopic (exact) mass is 282 g/mol. The molecule has 20 heavy (non-hydrogen) atoms. The highest BCUT2D eigenvalue weighted by Crippen LogP contribution is 2.34. The Morgan fingerprint density at radius 3 is 2.50 bits per heavy atom. The van der Waals surface area contributed by atoms with Gasteiger partial charge < -0.3 is 25.3 Å². The number of anilines is 2. The molecule has 0 spiro atoms. The molecule has 0 radical (unpaired) electrons. The van der Waals surface area contributed by atoms with Crippen LogP contribution in [0.5, 0.6) is 11.5 Å². The summed E-state index contributed by atoms with van der Waals surface area (Å²) >= 11 is 0. The maximum absolute atomic E-state index is 11.8. The van der Waals surface area contributed by atoms with E-state index in [1.165, 1.54) is 14.2 Å². The lowest BCUT2D eigenvalue weighted by Gasteiger charge is -2.13.